The lowest BCUT2D eigenvalue weighted by atomic mass is 10.0. The third kappa shape index (κ3) is 18.1. The average molecular weight is 647 g/mol. The van der Waals surface area contributed by atoms with Gasteiger partial charge in [0.25, 0.3) is 0 Å². The molecule has 0 saturated heterocycles. The number of carboxylic acids is 2. The summed E-state index contributed by atoms with van der Waals surface area (Å²) in [6, 6.07) is -5.25. The number of hydrogen-bond acceptors (Lipinski definition) is 11. The molecule has 45 heavy (non-hydrogen) atoms. The van der Waals surface area contributed by atoms with Gasteiger partial charge >= 0.3 is 11.9 Å². The van der Waals surface area contributed by atoms with Crippen LogP contribution in [0.15, 0.2) is 0 Å². The van der Waals surface area contributed by atoms with Crippen molar-refractivity contribution in [2.24, 2.45) is 17.4 Å². The first-order valence-electron chi connectivity index (χ1n) is 14.3. The Morgan fingerprint density at radius 1 is 0.644 bits per heavy atom. The second-order valence-corrected chi connectivity index (χ2v) is 10.4. The minimum Gasteiger partial charge on any atom is -0.481 e. The van der Waals surface area contributed by atoms with Gasteiger partial charge in [0, 0.05) is 6.42 Å². The van der Waals surface area contributed by atoms with Crippen LogP contribution in [0.1, 0.15) is 52.4 Å². The van der Waals surface area contributed by atoms with Gasteiger partial charge in [-0.3, -0.25) is 33.6 Å². The smallest absolute Gasteiger partial charge is 0.326 e. The quantitative estimate of drug-likeness (QED) is 0.0465. The summed E-state index contributed by atoms with van der Waals surface area (Å²) in [6.07, 6.45) is 0.181. The maximum Gasteiger partial charge on any atom is 0.326 e. The lowest BCUT2D eigenvalue weighted by Gasteiger charge is -2.25. The standard InChI is InChI=1S/C26H46N8O11/c1-14(2)9-17(26(44)45)34-24(42)15(5-3-4-8-27)33-25(43)16(6-7-22(39)40)31-21(38)12-29-20(37)11-30-23(41)18(13-35)32-19(36)10-28/h14-18,35H,3-13,27-28H2,1-2H3,(H,29,37)(H,30,41)(H,31,38)(H,32,36)(H,33,43)(H,34,42)(H,39,40)(H,44,45)/t15-,16-,17-,18-/m0/s1. The molecule has 0 aliphatic rings. The molecule has 0 radical (unpaired) electrons. The van der Waals surface area contributed by atoms with Crippen LogP contribution >= 0.6 is 0 Å². The van der Waals surface area contributed by atoms with E-state index in [0.717, 1.165) is 0 Å². The van der Waals surface area contributed by atoms with Gasteiger partial charge in [0.05, 0.1) is 26.2 Å². The van der Waals surface area contributed by atoms with Crippen LogP contribution in [0.3, 0.4) is 0 Å². The number of amides is 6. The zero-order valence-electron chi connectivity index (χ0n) is 25.4. The van der Waals surface area contributed by atoms with Crippen molar-refractivity contribution in [3.63, 3.8) is 0 Å². The molecule has 0 fully saturated rings. The molecule has 0 heterocycles. The summed E-state index contributed by atoms with van der Waals surface area (Å²) in [4.78, 5) is 96.8. The van der Waals surface area contributed by atoms with Gasteiger partial charge in [-0.05, 0) is 44.6 Å². The second kappa shape index (κ2) is 22.2. The number of nitrogens with two attached hydrogens (primary N) is 2. The first-order chi connectivity index (χ1) is 21.1. The molecule has 19 heteroatoms. The van der Waals surface area contributed by atoms with Crippen LogP contribution < -0.4 is 43.4 Å². The molecule has 0 unspecified atom stereocenters. The van der Waals surface area contributed by atoms with Crippen molar-refractivity contribution in [1.29, 1.82) is 0 Å². The molecule has 0 aliphatic heterocycles. The Bertz CT molecular complexity index is 1040. The van der Waals surface area contributed by atoms with E-state index in [4.69, 9.17) is 16.6 Å². The molecular weight excluding hydrogens is 600 g/mol. The maximum absolute atomic E-state index is 13.1. The summed E-state index contributed by atoms with van der Waals surface area (Å²) in [7, 11) is 0. The van der Waals surface area contributed by atoms with Crippen molar-refractivity contribution in [2.45, 2.75) is 76.5 Å². The molecule has 13 N–H and O–H groups in total. The third-order valence-electron chi connectivity index (χ3n) is 6.09. The number of carbonyl (C=O) groups is 8. The molecule has 0 aromatic rings. The summed E-state index contributed by atoms with van der Waals surface area (Å²) in [5.74, 6) is -7.66. The molecule has 0 aromatic carbocycles. The average Bonchev–Trinajstić information content (AvgIpc) is 2.97. The maximum atomic E-state index is 13.1. The number of nitrogens with one attached hydrogen (secondary N) is 6. The van der Waals surface area contributed by atoms with Crippen molar-refractivity contribution >= 4 is 47.4 Å². The van der Waals surface area contributed by atoms with E-state index >= 15 is 0 Å². The van der Waals surface area contributed by atoms with Crippen LogP contribution in [0.5, 0.6) is 0 Å². The van der Waals surface area contributed by atoms with Crippen LogP contribution in [-0.4, -0.2) is 120 Å². The minimum atomic E-state index is -1.45. The fourth-order valence-electron chi connectivity index (χ4n) is 3.76. The van der Waals surface area contributed by atoms with Crippen LogP contribution in [0.4, 0.5) is 0 Å². The molecule has 0 aromatic heterocycles. The first-order valence-corrected chi connectivity index (χ1v) is 14.3. The Morgan fingerprint density at radius 3 is 1.71 bits per heavy atom. The SMILES string of the molecule is CC(C)C[C@H](NC(=O)[C@H](CCCCN)NC(=O)[C@H](CCC(=O)O)NC(=O)CNC(=O)CNC(=O)[C@H](CO)NC(=O)CN)C(=O)O. The number of carbonyl (C=O) groups excluding carboxylic acids is 6. The highest BCUT2D eigenvalue weighted by Gasteiger charge is 2.30. The van der Waals surface area contributed by atoms with Gasteiger partial charge in [0.15, 0.2) is 0 Å². The van der Waals surface area contributed by atoms with E-state index in [9.17, 15) is 48.6 Å². The van der Waals surface area contributed by atoms with E-state index in [1.807, 2.05) is 0 Å². The monoisotopic (exact) mass is 646 g/mol. The van der Waals surface area contributed by atoms with Gasteiger partial charge in [-0.2, -0.15) is 0 Å². The number of aliphatic hydroxyl groups is 1. The molecule has 0 aliphatic carbocycles. The fourth-order valence-corrected chi connectivity index (χ4v) is 3.76. The highest BCUT2D eigenvalue weighted by molar-refractivity contribution is 5.95. The van der Waals surface area contributed by atoms with E-state index in [0.29, 0.717) is 19.4 Å². The van der Waals surface area contributed by atoms with E-state index in [-0.39, 0.29) is 25.2 Å². The largest absolute Gasteiger partial charge is 0.481 e. The summed E-state index contributed by atoms with van der Waals surface area (Å²) >= 11 is 0. The van der Waals surface area contributed by atoms with Gasteiger partial charge in [0.2, 0.25) is 35.4 Å². The Kier molecular flexibility index (Phi) is 20.0. The van der Waals surface area contributed by atoms with Crippen LogP contribution in [-0.2, 0) is 38.4 Å². The molecule has 0 spiro atoms. The Hall–Kier alpha value is -4.36. The number of rotatable bonds is 23. The predicted molar refractivity (Wildman–Crippen MR) is 157 cm³/mol. The molecule has 0 saturated carbocycles. The highest BCUT2D eigenvalue weighted by atomic mass is 16.4. The molecule has 0 rings (SSSR count). The van der Waals surface area contributed by atoms with E-state index in [1.165, 1.54) is 0 Å². The van der Waals surface area contributed by atoms with Crippen LogP contribution in [0.2, 0.25) is 0 Å². The topological polar surface area (TPSA) is 321 Å². The Balaban J connectivity index is 5.38. The summed E-state index contributed by atoms with van der Waals surface area (Å²) in [6.45, 7) is 1.31. The molecule has 256 valence electrons. The van der Waals surface area contributed by atoms with Gasteiger partial charge < -0.3 is 58.7 Å². The van der Waals surface area contributed by atoms with Crippen molar-refractivity contribution in [3.8, 4) is 0 Å². The molecule has 19 nitrogen and oxygen atoms in total. The summed E-state index contributed by atoms with van der Waals surface area (Å²) < 4.78 is 0. The summed E-state index contributed by atoms with van der Waals surface area (Å²) in [5.41, 5.74) is 10.6. The fraction of sp³-hybridized carbons (Fsp3) is 0.692. The van der Waals surface area contributed by atoms with E-state index < -0.39 is 104 Å². The van der Waals surface area contributed by atoms with Crippen molar-refractivity contribution < 1.29 is 53.7 Å². The number of hydrogen-bond donors (Lipinski definition) is 11. The third-order valence-corrected chi connectivity index (χ3v) is 6.09. The number of aliphatic hydroxyl groups excluding tert-OH is 1. The number of unbranched alkanes of at least 4 members (excludes halogenated alkanes) is 1. The molecule has 0 bridgehead atoms. The van der Waals surface area contributed by atoms with E-state index in [2.05, 4.69) is 31.9 Å². The van der Waals surface area contributed by atoms with Crippen LogP contribution in [0.25, 0.3) is 0 Å². The van der Waals surface area contributed by atoms with Gasteiger partial charge in [-0.25, -0.2) is 4.79 Å². The molecule has 4 atom stereocenters. The van der Waals surface area contributed by atoms with Crippen molar-refractivity contribution in [1.82, 2.24) is 31.9 Å². The lowest BCUT2D eigenvalue weighted by molar-refractivity contribution is -0.142. The zero-order valence-corrected chi connectivity index (χ0v) is 25.4. The molecule has 6 amide bonds. The van der Waals surface area contributed by atoms with Crippen LogP contribution in [0, 0.1) is 5.92 Å². The lowest BCUT2D eigenvalue weighted by Crippen LogP contribution is -2.56. The van der Waals surface area contributed by atoms with Crippen molar-refractivity contribution in [3.05, 3.63) is 0 Å². The minimum absolute atomic E-state index is 0.0643. The normalized spacial score (nSPS) is 13.4. The second-order valence-electron chi connectivity index (χ2n) is 10.4. The first kappa shape index (κ1) is 40.6. The highest BCUT2D eigenvalue weighted by Crippen LogP contribution is 2.08. The van der Waals surface area contributed by atoms with Crippen molar-refractivity contribution in [2.75, 3.05) is 32.8 Å². The van der Waals surface area contributed by atoms with Gasteiger partial charge in [-0.15, -0.1) is 0 Å². The van der Waals surface area contributed by atoms with Gasteiger partial charge in [-0.1, -0.05) is 13.8 Å². The summed E-state index contributed by atoms with van der Waals surface area (Å²) in [5, 5.41) is 41.4. The predicted octanol–water partition coefficient (Wildman–Crippen LogP) is -4.77. The zero-order chi connectivity index (χ0) is 34.5. The Labute approximate surface area is 260 Å². The number of carboxylic acid groups (broad SMARTS) is 2. The van der Waals surface area contributed by atoms with Gasteiger partial charge in [0.1, 0.15) is 24.2 Å². The Morgan fingerprint density at radius 2 is 1.20 bits per heavy atom. The van der Waals surface area contributed by atoms with E-state index in [1.54, 1.807) is 13.8 Å². The molecular formula is C26H46N8O11. The number of aliphatic carboxylic acids is 2.